The van der Waals surface area contributed by atoms with Crippen molar-refractivity contribution < 1.29 is 0 Å². The van der Waals surface area contributed by atoms with Gasteiger partial charge in [0.1, 0.15) is 0 Å². The first-order valence-corrected chi connectivity index (χ1v) is 13.8. The molecule has 0 heterocycles. The Kier molecular flexibility index (Phi) is 15.1. The van der Waals surface area contributed by atoms with Crippen LogP contribution < -0.4 is 0 Å². The summed E-state index contributed by atoms with van der Waals surface area (Å²) in [5.74, 6) is 1.96. The van der Waals surface area contributed by atoms with Gasteiger partial charge in [-0.15, -0.1) is 0 Å². The Bertz CT molecular complexity index is 1020. The van der Waals surface area contributed by atoms with E-state index in [1.807, 2.05) is 42.5 Å². The molecule has 0 amide bonds. The number of hydrogen-bond acceptors (Lipinski definition) is 0. The number of hydrogen-bond donors (Lipinski definition) is 0. The maximum Gasteiger partial charge on any atom is 0.0440 e. The molecule has 0 saturated heterocycles. The fraction of sp³-hybridized carbons (Fsp3) is 0.419. The van der Waals surface area contributed by atoms with Crippen LogP contribution in [-0.4, -0.2) is 0 Å². The molecule has 35 heavy (non-hydrogen) atoms. The minimum Gasteiger partial charge on any atom is -0.0843 e. The summed E-state index contributed by atoms with van der Waals surface area (Å²) in [7, 11) is 0. The average Bonchev–Trinajstić information content (AvgIpc) is 2.75. The van der Waals surface area contributed by atoms with Crippen molar-refractivity contribution in [2.24, 2.45) is 17.8 Å². The molecule has 0 N–H and O–H groups in total. The summed E-state index contributed by atoms with van der Waals surface area (Å²) in [6, 6.07) is 19.9. The van der Waals surface area contributed by atoms with Gasteiger partial charge in [0.05, 0.1) is 0 Å². The van der Waals surface area contributed by atoms with Crippen molar-refractivity contribution in [2.45, 2.75) is 67.7 Å². The smallest absolute Gasteiger partial charge is 0.0440 e. The molecular weight excluding hydrogens is 514 g/mol. The molecule has 0 aliphatic rings. The zero-order valence-electron chi connectivity index (χ0n) is 22.1. The third kappa shape index (κ3) is 13.6. The third-order valence-corrected chi connectivity index (χ3v) is 6.38. The molecule has 0 aliphatic carbocycles. The van der Waals surface area contributed by atoms with Crippen molar-refractivity contribution in [3.05, 3.63) is 103 Å². The maximum atomic E-state index is 6.07. The molecule has 0 fully saturated rings. The number of aryl methyl sites for hydroxylation is 1. The predicted octanol–water partition coefficient (Wildman–Crippen LogP) is 11.6. The summed E-state index contributed by atoms with van der Waals surface area (Å²) in [5, 5.41) is 3.37. The molecule has 3 aromatic carbocycles. The second-order valence-electron chi connectivity index (χ2n) is 10.2. The highest BCUT2D eigenvalue weighted by Gasteiger charge is 2.04. The molecule has 0 aliphatic heterocycles. The van der Waals surface area contributed by atoms with Gasteiger partial charge in [-0.05, 0) is 96.5 Å². The second kappa shape index (κ2) is 16.5. The Hall–Kier alpha value is -1.18. The van der Waals surface area contributed by atoms with Gasteiger partial charge in [-0.1, -0.05) is 118 Å². The molecule has 0 saturated carbocycles. The topological polar surface area (TPSA) is 0 Å². The largest absolute Gasteiger partial charge is 0.0843 e. The van der Waals surface area contributed by atoms with E-state index >= 15 is 0 Å². The number of benzene rings is 3. The molecule has 0 aromatic heterocycles. The van der Waals surface area contributed by atoms with Gasteiger partial charge < -0.3 is 0 Å². The quantitative estimate of drug-likeness (QED) is 0.284. The highest BCUT2D eigenvalue weighted by molar-refractivity contribution is 6.33. The van der Waals surface area contributed by atoms with Crippen molar-refractivity contribution in [1.82, 2.24) is 0 Å². The van der Waals surface area contributed by atoms with E-state index in [0.29, 0.717) is 17.8 Å². The van der Waals surface area contributed by atoms with Crippen molar-refractivity contribution in [3.63, 3.8) is 0 Å². The van der Waals surface area contributed by atoms with Crippen molar-refractivity contribution in [1.29, 1.82) is 0 Å². The lowest BCUT2D eigenvalue weighted by molar-refractivity contribution is 0.647. The van der Waals surface area contributed by atoms with Gasteiger partial charge in [-0.2, -0.15) is 0 Å². The van der Waals surface area contributed by atoms with Crippen LogP contribution in [0, 0.1) is 24.7 Å². The van der Waals surface area contributed by atoms with Crippen molar-refractivity contribution in [2.75, 3.05) is 0 Å². The van der Waals surface area contributed by atoms with E-state index in [-0.39, 0.29) is 0 Å². The van der Waals surface area contributed by atoms with E-state index in [0.717, 1.165) is 44.9 Å². The lowest BCUT2D eigenvalue weighted by Crippen LogP contribution is -1.94. The highest BCUT2D eigenvalue weighted by Crippen LogP contribution is 2.23. The van der Waals surface area contributed by atoms with Gasteiger partial charge in [0.25, 0.3) is 0 Å². The Morgan fingerprint density at radius 3 is 1.51 bits per heavy atom. The maximum absolute atomic E-state index is 6.07. The number of rotatable bonds is 6. The lowest BCUT2D eigenvalue weighted by atomic mass is 10.0. The van der Waals surface area contributed by atoms with Crippen molar-refractivity contribution in [3.8, 4) is 0 Å². The monoisotopic (exact) mass is 552 g/mol. The van der Waals surface area contributed by atoms with Gasteiger partial charge in [0.15, 0.2) is 0 Å². The van der Waals surface area contributed by atoms with Crippen LogP contribution in [0.2, 0.25) is 20.1 Å². The predicted molar refractivity (Wildman–Crippen MR) is 160 cm³/mol. The zero-order valence-corrected chi connectivity index (χ0v) is 25.2. The fourth-order valence-electron chi connectivity index (χ4n) is 3.50. The Labute approximate surface area is 234 Å². The minimum atomic E-state index is 0.612. The summed E-state index contributed by atoms with van der Waals surface area (Å²) in [6.07, 6.45) is 3.12. The summed E-state index contributed by atoms with van der Waals surface area (Å²) < 4.78 is 0. The Morgan fingerprint density at radius 2 is 1.00 bits per heavy atom. The van der Waals surface area contributed by atoms with E-state index in [1.165, 1.54) is 16.7 Å². The van der Waals surface area contributed by atoms with Gasteiger partial charge >= 0.3 is 0 Å². The van der Waals surface area contributed by atoms with Gasteiger partial charge in [0, 0.05) is 20.1 Å². The first-order valence-electron chi connectivity index (χ1n) is 12.3. The summed E-state index contributed by atoms with van der Waals surface area (Å²) >= 11 is 23.9. The standard InChI is InChI=1S/C11H15Cl.C10H12Cl2.C10H13Cl/c1-8(2)6-10-5-4-9(3)7-11(10)12;1-7(2)5-8-6-9(11)3-4-10(8)12;1-8(2)7-9-5-3-4-6-10(9)11/h4-5,7-8H,6H2,1-3H3;3-4,6-7H,5H2,1-2H3;3-6,8H,7H2,1-2H3. The van der Waals surface area contributed by atoms with Gasteiger partial charge in [-0.25, -0.2) is 0 Å². The van der Waals surface area contributed by atoms with Crippen LogP contribution in [0.4, 0.5) is 0 Å². The van der Waals surface area contributed by atoms with Crippen molar-refractivity contribution >= 4 is 46.4 Å². The molecular formula is C31H40Cl4. The van der Waals surface area contributed by atoms with E-state index in [9.17, 15) is 0 Å². The first-order chi connectivity index (χ1) is 16.4. The van der Waals surface area contributed by atoms with Crippen LogP contribution in [0.3, 0.4) is 0 Å². The van der Waals surface area contributed by atoms with Crippen LogP contribution in [0.25, 0.3) is 0 Å². The van der Waals surface area contributed by atoms with Crippen LogP contribution in [-0.2, 0) is 19.3 Å². The molecule has 0 radical (unpaired) electrons. The summed E-state index contributed by atoms with van der Waals surface area (Å²) in [4.78, 5) is 0. The Balaban J connectivity index is 0.000000263. The van der Waals surface area contributed by atoms with Gasteiger partial charge in [0.2, 0.25) is 0 Å². The molecule has 3 aromatic rings. The fourth-order valence-corrected chi connectivity index (χ4v) is 4.42. The molecule has 0 unspecified atom stereocenters. The SMILES string of the molecule is CC(C)Cc1cc(Cl)ccc1Cl.CC(C)Cc1ccccc1Cl.Cc1ccc(CC(C)C)c(Cl)c1. The van der Waals surface area contributed by atoms with Crippen LogP contribution >= 0.6 is 46.4 Å². The lowest BCUT2D eigenvalue weighted by Gasteiger charge is -2.07. The number of halogens is 4. The minimum absolute atomic E-state index is 0.612. The van der Waals surface area contributed by atoms with E-state index < -0.39 is 0 Å². The second-order valence-corrected chi connectivity index (χ2v) is 11.9. The Morgan fingerprint density at radius 1 is 0.514 bits per heavy atom. The molecule has 4 heteroatoms. The van der Waals surface area contributed by atoms with Crippen LogP contribution in [0.5, 0.6) is 0 Å². The molecule has 0 nitrogen and oxygen atoms in total. The van der Waals surface area contributed by atoms with E-state index in [4.69, 9.17) is 46.4 Å². The summed E-state index contributed by atoms with van der Waals surface area (Å²) in [6.45, 7) is 15.2. The molecule has 3 rings (SSSR count). The molecule has 192 valence electrons. The molecule has 0 atom stereocenters. The normalized spacial score (nSPS) is 10.7. The average molecular weight is 554 g/mol. The van der Waals surface area contributed by atoms with Gasteiger partial charge in [-0.3, -0.25) is 0 Å². The molecule has 0 bridgehead atoms. The third-order valence-electron chi connectivity index (χ3n) is 5.06. The summed E-state index contributed by atoms with van der Waals surface area (Å²) in [5.41, 5.74) is 4.88. The first kappa shape index (κ1) is 31.8. The van der Waals surface area contributed by atoms with E-state index in [1.54, 1.807) is 0 Å². The molecule has 0 spiro atoms. The van der Waals surface area contributed by atoms with E-state index in [2.05, 4.69) is 66.7 Å². The van der Waals surface area contributed by atoms with Crippen LogP contribution in [0.15, 0.2) is 60.7 Å². The zero-order chi connectivity index (χ0) is 26.5. The van der Waals surface area contributed by atoms with Crippen LogP contribution in [0.1, 0.15) is 63.8 Å². The highest BCUT2D eigenvalue weighted by atomic mass is 35.5.